The summed E-state index contributed by atoms with van der Waals surface area (Å²) < 4.78 is 15.0. The molecule has 258 valence electrons. The van der Waals surface area contributed by atoms with Gasteiger partial charge in [0.2, 0.25) is 0 Å². The first kappa shape index (κ1) is 32.4. The third-order valence-corrected chi connectivity index (χ3v) is 10.5. The second-order valence-corrected chi connectivity index (χ2v) is 14.8. The monoisotopic (exact) mass is 688 g/mol. The van der Waals surface area contributed by atoms with Crippen molar-refractivity contribution in [3.63, 3.8) is 0 Å². The Labute approximate surface area is 308 Å². The topological polar surface area (TPSA) is 34.5 Å². The molecule has 0 aliphatic heterocycles. The van der Waals surface area contributed by atoms with Gasteiger partial charge in [0.15, 0.2) is 11.0 Å². The van der Waals surface area contributed by atoms with Crippen LogP contribution in [0.3, 0.4) is 0 Å². The molecular formula is C49H40N2O2. The van der Waals surface area contributed by atoms with Crippen molar-refractivity contribution in [1.82, 2.24) is 4.57 Å². The van der Waals surface area contributed by atoms with Gasteiger partial charge in [-0.3, -0.25) is 0 Å². The number of anilines is 2. The van der Waals surface area contributed by atoms with Gasteiger partial charge >= 0.3 is 0 Å². The summed E-state index contributed by atoms with van der Waals surface area (Å²) >= 11 is 0. The van der Waals surface area contributed by atoms with E-state index in [0.29, 0.717) is 5.42 Å². The van der Waals surface area contributed by atoms with Crippen molar-refractivity contribution in [3.05, 3.63) is 168 Å². The van der Waals surface area contributed by atoms with Crippen LogP contribution in [-0.2, 0) is 5.41 Å². The Kier molecular flexibility index (Phi) is 7.53. The number of benzene rings is 6. The Hall–Kier alpha value is -6.52. The summed E-state index contributed by atoms with van der Waals surface area (Å²) in [5.74, 6) is 0. The lowest BCUT2D eigenvalue weighted by molar-refractivity contribution is 0.526. The predicted octanol–water partition coefficient (Wildman–Crippen LogP) is 12.3. The lowest BCUT2D eigenvalue weighted by Crippen LogP contribution is -2.29. The number of nitrogens with zero attached hydrogens (tertiary/aromatic N) is 2. The SMILES string of the molecule is C=Cc1co/c(=C(/C)N(c2ccc(-c3ccc4c(c3)c3cc(C(C)(C)C)ccc3n4-c3ccccc3)cc2)c2cccc3c2oc2ccccc23)c1=C. The molecule has 0 spiro atoms. The van der Waals surface area contributed by atoms with Crippen LogP contribution < -0.4 is 15.5 Å². The molecule has 53 heavy (non-hydrogen) atoms. The first-order valence-corrected chi connectivity index (χ1v) is 18.1. The molecule has 9 rings (SSSR count). The highest BCUT2D eigenvalue weighted by atomic mass is 16.3. The molecule has 9 aromatic rings. The molecule has 0 saturated heterocycles. The van der Waals surface area contributed by atoms with Crippen LogP contribution in [-0.4, -0.2) is 4.57 Å². The van der Waals surface area contributed by atoms with E-state index in [4.69, 9.17) is 8.83 Å². The van der Waals surface area contributed by atoms with Gasteiger partial charge in [0.25, 0.3) is 0 Å². The number of aromatic nitrogens is 1. The number of hydrogen-bond acceptors (Lipinski definition) is 3. The summed E-state index contributed by atoms with van der Waals surface area (Å²) in [6.07, 6.45) is 3.49. The molecule has 0 fully saturated rings. The highest BCUT2D eigenvalue weighted by molar-refractivity contribution is 6.12. The largest absolute Gasteiger partial charge is 0.462 e. The normalized spacial score (nSPS) is 12.6. The Bertz CT molecular complexity index is 2970. The number of rotatable bonds is 6. The Morgan fingerprint density at radius 1 is 0.698 bits per heavy atom. The fourth-order valence-corrected chi connectivity index (χ4v) is 7.72. The quantitative estimate of drug-likeness (QED) is 0.174. The third kappa shape index (κ3) is 5.29. The molecule has 3 aromatic heterocycles. The Morgan fingerprint density at radius 3 is 2.11 bits per heavy atom. The average molecular weight is 689 g/mol. The molecule has 0 saturated carbocycles. The van der Waals surface area contributed by atoms with Gasteiger partial charge in [0, 0.05) is 43.7 Å². The van der Waals surface area contributed by atoms with Crippen molar-refractivity contribution in [1.29, 1.82) is 0 Å². The molecule has 0 bridgehead atoms. The summed E-state index contributed by atoms with van der Waals surface area (Å²) in [5, 5.41) is 5.43. The van der Waals surface area contributed by atoms with E-state index >= 15 is 0 Å². The summed E-state index contributed by atoms with van der Waals surface area (Å²) in [6, 6.07) is 47.6. The van der Waals surface area contributed by atoms with Crippen molar-refractivity contribution >= 4 is 73.5 Å². The number of furan rings is 2. The fourth-order valence-electron chi connectivity index (χ4n) is 7.72. The van der Waals surface area contributed by atoms with Crippen LogP contribution in [0.15, 0.2) is 155 Å². The molecule has 0 atom stereocenters. The smallest absolute Gasteiger partial charge is 0.159 e. The van der Waals surface area contributed by atoms with E-state index in [9.17, 15) is 0 Å². The molecule has 6 aromatic carbocycles. The zero-order chi connectivity index (χ0) is 36.4. The van der Waals surface area contributed by atoms with Crippen molar-refractivity contribution in [2.45, 2.75) is 33.1 Å². The van der Waals surface area contributed by atoms with E-state index in [1.165, 1.54) is 27.4 Å². The van der Waals surface area contributed by atoms with Crippen LogP contribution in [0.1, 0.15) is 38.8 Å². The van der Waals surface area contributed by atoms with Gasteiger partial charge in [0.1, 0.15) is 5.58 Å². The maximum atomic E-state index is 6.54. The Balaban J connectivity index is 1.21. The van der Waals surface area contributed by atoms with Gasteiger partial charge in [-0.05, 0) is 89.7 Å². The molecule has 0 radical (unpaired) electrons. The van der Waals surface area contributed by atoms with E-state index in [0.717, 1.165) is 66.6 Å². The molecule has 0 amide bonds. The average Bonchev–Trinajstić information content (AvgIpc) is 3.86. The summed E-state index contributed by atoms with van der Waals surface area (Å²) in [7, 11) is 0. The van der Waals surface area contributed by atoms with Crippen molar-refractivity contribution in [2.24, 2.45) is 0 Å². The van der Waals surface area contributed by atoms with Crippen LogP contribution in [0.2, 0.25) is 0 Å². The summed E-state index contributed by atoms with van der Waals surface area (Å²) in [5.41, 5.74) is 13.2. The van der Waals surface area contributed by atoms with Gasteiger partial charge in [-0.25, -0.2) is 0 Å². The van der Waals surface area contributed by atoms with Gasteiger partial charge < -0.3 is 18.3 Å². The second kappa shape index (κ2) is 12.3. The highest BCUT2D eigenvalue weighted by Gasteiger charge is 2.22. The first-order chi connectivity index (χ1) is 25.7. The maximum Gasteiger partial charge on any atom is 0.159 e. The third-order valence-electron chi connectivity index (χ3n) is 10.5. The van der Waals surface area contributed by atoms with Crippen LogP contribution in [0, 0.1) is 0 Å². The minimum Gasteiger partial charge on any atom is -0.462 e. The molecule has 0 N–H and O–H groups in total. The zero-order valence-corrected chi connectivity index (χ0v) is 30.5. The molecule has 3 heterocycles. The minimum atomic E-state index is 0.0357. The van der Waals surface area contributed by atoms with Crippen LogP contribution in [0.4, 0.5) is 11.4 Å². The molecular weight excluding hydrogens is 649 g/mol. The van der Waals surface area contributed by atoms with E-state index in [-0.39, 0.29) is 5.41 Å². The van der Waals surface area contributed by atoms with Gasteiger partial charge in [-0.2, -0.15) is 0 Å². The lowest BCUT2D eigenvalue weighted by Gasteiger charge is -2.25. The summed E-state index contributed by atoms with van der Waals surface area (Å²) in [4.78, 5) is 2.21. The zero-order valence-electron chi connectivity index (χ0n) is 30.5. The van der Waals surface area contributed by atoms with Gasteiger partial charge in [0.05, 0.1) is 28.7 Å². The first-order valence-electron chi connectivity index (χ1n) is 18.1. The minimum absolute atomic E-state index is 0.0357. The standard InChI is InChI=1S/C49H40N2O2/c1-7-33-30-52-47(31(33)2)32(3)50(45-18-13-17-40-39-16-11-12-19-46(39)53-48(40)45)38-24-20-34(21-25-38)35-22-26-43-41(28-35)42-29-36(49(4,5)6)23-27-44(42)51(43)37-14-9-8-10-15-37/h7-30H,1-2H2,3-6H3/b47-32-. The molecule has 4 heteroatoms. The fraction of sp³-hybridized carbons (Fsp3) is 0.102. The van der Waals surface area contributed by atoms with E-state index < -0.39 is 0 Å². The number of fused-ring (bicyclic) bond motifs is 6. The van der Waals surface area contributed by atoms with E-state index in [1.54, 1.807) is 12.3 Å². The van der Waals surface area contributed by atoms with Crippen LogP contribution in [0.5, 0.6) is 0 Å². The summed E-state index contributed by atoms with van der Waals surface area (Å²) in [6.45, 7) is 17.2. The van der Waals surface area contributed by atoms with Crippen molar-refractivity contribution in [3.8, 4) is 16.8 Å². The van der Waals surface area contributed by atoms with E-state index in [1.807, 2.05) is 18.2 Å². The van der Waals surface area contributed by atoms with Gasteiger partial charge in [-0.1, -0.05) is 113 Å². The number of para-hydroxylation sites is 3. The van der Waals surface area contributed by atoms with Gasteiger partial charge in [-0.15, -0.1) is 0 Å². The van der Waals surface area contributed by atoms with Crippen molar-refractivity contribution in [2.75, 3.05) is 4.90 Å². The maximum absolute atomic E-state index is 6.54. The van der Waals surface area contributed by atoms with E-state index in [2.05, 4.69) is 166 Å². The predicted molar refractivity (Wildman–Crippen MR) is 223 cm³/mol. The van der Waals surface area contributed by atoms with Crippen molar-refractivity contribution < 1.29 is 8.83 Å². The second-order valence-electron chi connectivity index (χ2n) is 14.8. The molecule has 0 aliphatic carbocycles. The molecule has 0 aliphatic rings. The van der Waals surface area contributed by atoms with Crippen LogP contribution in [0.25, 0.3) is 78.9 Å². The van der Waals surface area contributed by atoms with Crippen LogP contribution >= 0.6 is 0 Å². The number of hydrogen-bond donors (Lipinski definition) is 0. The highest BCUT2D eigenvalue weighted by Crippen LogP contribution is 2.41. The molecule has 0 unspecified atom stereocenters. The Morgan fingerprint density at radius 2 is 1.38 bits per heavy atom. The molecule has 4 nitrogen and oxygen atoms in total. The lowest BCUT2D eigenvalue weighted by atomic mass is 9.86.